The molecule has 0 radical (unpaired) electrons. The molecule has 1 N–H and O–H groups in total. The molecule has 1 atom stereocenters. The van der Waals surface area contributed by atoms with Crippen LogP contribution in [0, 0.1) is 0 Å². The largest absolute Gasteiger partial charge is 0.306 e. The molecule has 1 aliphatic rings. The molecule has 2 aromatic carbocycles. The maximum Gasteiger partial charge on any atom is 0.0662 e. The van der Waals surface area contributed by atoms with Crippen molar-refractivity contribution in [1.82, 2.24) is 15.1 Å². The van der Waals surface area contributed by atoms with Gasteiger partial charge >= 0.3 is 0 Å². The molecule has 4 rings (SSSR count). The van der Waals surface area contributed by atoms with Gasteiger partial charge in [-0.2, -0.15) is 5.10 Å². The molecule has 0 aliphatic heterocycles. The maximum absolute atomic E-state index is 4.68. The van der Waals surface area contributed by atoms with Crippen LogP contribution in [0.15, 0.2) is 65.3 Å². The van der Waals surface area contributed by atoms with Crippen molar-refractivity contribution in [2.75, 3.05) is 0 Å². The lowest BCUT2D eigenvalue weighted by molar-refractivity contribution is 0.449. The van der Waals surface area contributed by atoms with Gasteiger partial charge in [0.25, 0.3) is 0 Å². The maximum atomic E-state index is 4.68. The third-order valence-corrected chi connectivity index (χ3v) is 5.71. The van der Waals surface area contributed by atoms with Gasteiger partial charge in [0.05, 0.1) is 12.7 Å². The van der Waals surface area contributed by atoms with Crippen LogP contribution in [0.1, 0.15) is 41.3 Å². The number of rotatable bonds is 5. The number of nitrogens with zero attached hydrogens (tertiary/aromatic N) is 2. The van der Waals surface area contributed by atoms with Crippen LogP contribution in [0.2, 0.25) is 0 Å². The molecule has 0 saturated carbocycles. The molecule has 26 heavy (non-hydrogen) atoms. The van der Waals surface area contributed by atoms with Crippen molar-refractivity contribution in [3.05, 3.63) is 87.7 Å². The fourth-order valence-electron chi connectivity index (χ4n) is 3.60. The highest BCUT2D eigenvalue weighted by molar-refractivity contribution is 9.10. The summed E-state index contributed by atoms with van der Waals surface area (Å²) in [4.78, 5) is 0. The number of hydrogen-bond acceptors (Lipinski definition) is 2. The minimum atomic E-state index is 0. The van der Waals surface area contributed by atoms with Gasteiger partial charge < -0.3 is 5.32 Å². The summed E-state index contributed by atoms with van der Waals surface area (Å²) in [5.74, 6) is 0. The molecule has 1 aliphatic carbocycles. The zero-order valence-electron chi connectivity index (χ0n) is 14.6. The van der Waals surface area contributed by atoms with Crippen LogP contribution < -0.4 is 5.32 Å². The van der Waals surface area contributed by atoms with Crippen LogP contribution in [-0.2, 0) is 19.5 Å². The minimum absolute atomic E-state index is 0. The summed E-state index contributed by atoms with van der Waals surface area (Å²) in [6.45, 7) is 1.72. The first kappa shape index (κ1) is 19.2. The Balaban J connectivity index is 0.00000196. The van der Waals surface area contributed by atoms with E-state index in [2.05, 4.69) is 91.8 Å². The lowest BCUT2D eigenvalue weighted by Gasteiger charge is -2.24. The Bertz CT molecular complexity index is 847. The topological polar surface area (TPSA) is 29.9 Å². The first-order valence-corrected chi connectivity index (χ1v) is 9.66. The molecular weight excluding hydrogens is 410 g/mol. The average molecular weight is 433 g/mol. The molecule has 0 amide bonds. The van der Waals surface area contributed by atoms with Crippen LogP contribution >= 0.6 is 28.3 Å². The summed E-state index contributed by atoms with van der Waals surface area (Å²) in [5.41, 5.74) is 5.36. The van der Waals surface area contributed by atoms with Crippen molar-refractivity contribution in [2.24, 2.45) is 0 Å². The predicted molar refractivity (Wildman–Crippen MR) is 112 cm³/mol. The Morgan fingerprint density at radius 2 is 1.85 bits per heavy atom. The van der Waals surface area contributed by atoms with E-state index in [-0.39, 0.29) is 12.4 Å². The second-order valence-electron chi connectivity index (χ2n) is 6.61. The SMILES string of the molecule is Brc1ccccc1CNC1CCCc2c1cnn2Cc1ccccc1.Cl. The molecule has 0 saturated heterocycles. The molecule has 0 bridgehead atoms. The molecule has 1 aromatic heterocycles. The van der Waals surface area contributed by atoms with Crippen LogP contribution in [0.3, 0.4) is 0 Å². The molecule has 136 valence electrons. The van der Waals surface area contributed by atoms with Gasteiger partial charge in [0.15, 0.2) is 0 Å². The van der Waals surface area contributed by atoms with Crippen LogP contribution in [-0.4, -0.2) is 9.78 Å². The summed E-state index contributed by atoms with van der Waals surface area (Å²) in [5, 5.41) is 8.41. The third-order valence-electron chi connectivity index (χ3n) is 4.93. The van der Waals surface area contributed by atoms with Gasteiger partial charge in [0.1, 0.15) is 0 Å². The van der Waals surface area contributed by atoms with Crippen molar-refractivity contribution in [3.8, 4) is 0 Å². The van der Waals surface area contributed by atoms with Crippen molar-refractivity contribution in [1.29, 1.82) is 0 Å². The minimum Gasteiger partial charge on any atom is -0.306 e. The zero-order chi connectivity index (χ0) is 17.1. The Morgan fingerprint density at radius 1 is 1.08 bits per heavy atom. The fourth-order valence-corrected chi connectivity index (χ4v) is 4.02. The summed E-state index contributed by atoms with van der Waals surface area (Å²) in [7, 11) is 0. The van der Waals surface area contributed by atoms with Crippen molar-refractivity contribution >= 4 is 28.3 Å². The van der Waals surface area contributed by atoms with E-state index in [1.807, 2.05) is 0 Å². The first-order chi connectivity index (χ1) is 12.3. The van der Waals surface area contributed by atoms with Crippen LogP contribution in [0.5, 0.6) is 0 Å². The lowest BCUT2D eigenvalue weighted by atomic mass is 9.92. The molecule has 1 heterocycles. The number of halogens is 2. The second kappa shape index (κ2) is 8.85. The third kappa shape index (κ3) is 4.20. The monoisotopic (exact) mass is 431 g/mol. The zero-order valence-corrected chi connectivity index (χ0v) is 17.0. The molecule has 0 spiro atoms. The van der Waals surface area contributed by atoms with Gasteiger partial charge in [-0.25, -0.2) is 0 Å². The summed E-state index contributed by atoms with van der Waals surface area (Å²) >= 11 is 3.64. The quantitative estimate of drug-likeness (QED) is 0.594. The van der Waals surface area contributed by atoms with Gasteiger partial charge in [-0.05, 0) is 36.5 Å². The Kier molecular flexibility index (Phi) is 6.52. The van der Waals surface area contributed by atoms with E-state index in [0.29, 0.717) is 6.04 Å². The number of aromatic nitrogens is 2. The molecule has 5 heteroatoms. The van der Waals surface area contributed by atoms with Gasteiger partial charge in [-0.3, -0.25) is 4.68 Å². The standard InChI is InChI=1S/C21H22BrN3.ClH/c22-19-10-5-4-9-17(19)13-23-20-11-6-12-21-18(20)14-24-25(21)15-16-7-2-1-3-8-16;/h1-5,7-10,14,20,23H,6,11-13,15H2;1H. The summed E-state index contributed by atoms with van der Waals surface area (Å²) in [6, 6.07) is 19.4. The van der Waals surface area contributed by atoms with E-state index in [9.17, 15) is 0 Å². The molecule has 3 nitrogen and oxygen atoms in total. The van der Waals surface area contributed by atoms with Gasteiger partial charge in [0, 0.05) is 28.3 Å². The van der Waals surface area contributed by atoms with Crippen LogP contribution in [0.25, 0.3) is 0 Å². The molecule has 0 fully saturated rings. The normalized spacial score (nSPS) is 16.0. The highest BCUT2D eigenvalue weighted by Crippen LogP contribution is 2.30. The Hall–Kier alpha value is -1.62. The van der Waals surface area contributed by atoms with Gasteiger partial charge in [0.2, 0.25) is 0 Å². The fraction of sp³-hybridized carbons (Fsp3) is 0.286. The van der Waals surface area contributed by atoms with Crippen molar-refractivity contribution in [3.63, 3.8) is 0 Å². The Labute approximate surface area is 169 Å². The highest BCUT2D eigenvalue weighted by atomic mass is 79.9. The van der Waals surface area contributed by atoms with E-state index < -0.39 is 0 Å². The van der Waals surface area contributed by atoms with Crippen molar-refractivity contribution < 1.29 is 0 Å². The summed E-state index contributed by atoms with van der Waals surface area (Å²) < 4.78 is 3.34. The molecular formula is C21H23BrClN3. The predicted octanol–water partition coefficient (Wildman–Crippen LogP) is 5.28. The van der Waals surface area contributed by atoms with Gasteiger partial charge in [-0.1, -0.05) is 64.5 Å². The summed E-state index contributed by atoms with van der Waals surface area (Å²) in [6.07, 6.45) is 5.57. The average Bonchev–Trinajstić information content (AvgIpc) is 3.05. The van der Waals surface area contributed by atoms with Crippen LogP contribution in [0.4, 0.5) is 0 Å². The van der Waals surface area contributed by atoms with E-state index in [4.69, 9.17) is 0 Å². The van der Waals surface area contributed by atoms with E-state index >= 15 is 0 Å². The number of hydrogen-bond donors (Lipinski definition) is 1. The second-order valence-corrected chi connectivity index (χ2v) is 7.46. The molecule has 1 unspecified atom stereocenters. The Morgan fingerprint density at radius 3 is 2.65 bits per heavy atom. The van der Waals surface area contributed by atoms with Gasteiger partial charge in [-0.15, -0.1) is 12.4 Å². The first-order valence-electron chi connectivity index (χ1n) is 8.86. The van der Waals surface area contributed by atoms with E-state index in [0.717, 1.165) is 19.5 Å². The number of benzene rings is 2. The number of nitrogens with one attached hydrogen (secondary N) is 1. The van der Waals surface area contributed by atoms with E-state index in [1.54, 1.807) is 0 Å². The number of fused-ring (bicyclic) bond motifs is 1. The smallest absolute Gasteiger partial charge is 0.0662 e. The molecule has 3 aromatic rings. The lowest BCUT2D eigenvalue weighted by Crippen LogP contribution is -2.25. The highest BCUT2D eigenvalue weighted by Gasteiger charge is 2.24. The van der Waals surface area contributed by atoms with Crippen molar-refractivity contribution in [2.45, 2.75) is 38.4 Å². The van der Waals surface area contributed by atoms with E-state index in [1.165, 1.54) is 39.7 Å².